The zero-order valence-corrected chi connectivity index (χ0v) is 13.8. The van der Waals surface area contributed by atoms with Crippen molar-refractivity contribution >= 4 is 5.91 Å². The molecule has 0 fully saturated rings. The summed E-state index contributed by atoms with van der Waals surface area (Å²) in [5.74, 6) is -0.578. The molecule has 26 heavy (non-hydrogen) atoms. The van der Waals surface area contributed by atoms with Crippen LogP contribution in [-0.4, -0.2) is 22.0 Å². The van der Waals surface area contributed by atoms with Crippen molar-refractivity contribution in [3.8, 4) is 0 Å². The van der Waals surface area contributed by atoms with Gasteiger partial charge in [0, 0.05) is 25.7 Å². The molecular formula is C17H18F4N4O. The molecule has 2 unspecified atom stereocenters. The van der Waals surface area contributed by atoms with E-state index in [9.17, 15) is 22.4 Å². The molecule has 0 radical (unpaired) electrons. The van der Waals surface area contributed by atoms with Crippen molar-refractivity contribution in [2.45, 2.75) is 31.6 Å². The fourth-order valence-electron chi connectivity index (χ4n) is 3.14. The topological polar surface area (TPSA) is 72.9 Å². The molecule has 1 aromatic carbocycles. The Labute approximate surface area is 147 Å². The lowest BCUT2D eigenvalue weighted by molar-refractivity contribution is -0.141. The number of carbonyl (C=O) groups is 1. The number of halogens is 4. The van der Waals surface area contributed by atoms with E-state index in [4.69, 9.17) is 5.73 Å². The Morgan fingerprint density at radius 3 is 2.65 bits per heavy atom. The van der Waals surface area contributed by atoms with Crippen LogP contribution in [0.2, 0.25) is 0 Å². The van der Waals surface area contributed by atoms with Crippen LogP contribution >= 0.6 is 0 Å². The lowest BCUT2D eigenvalue weighted by atomic mass is 9.98. The van der Waals surface area contributed by atoms with E-state index in [1.807, 2.05) is 0 Å². The van der Waals surface area contributed by atoms with Crippen LogP contribution in [0.1, 0.15) is 29.5 Å². The number of amides is 1. The number of aromatic nitrogens is 2. The maximum Gasteiger partial charge on any atom is 0.434 e. The maximum absolute atomic E-state index is 13.0. The highest BCUT2D eigenvalue weighted by atomic mass is 19.4. The number of primary amides is 1. The van der Waals surface area contributed by atoms with Gasteiger partial charge in [0.1, 0.15) is 17.7 Å². The summed E-state index contributed by atoms with van der Waals surface area (Å²) in [6, 6.07) is 4.64. The lowest BCUT2D eigenvalue weighted by Gasteiger charge is -2.26. The predicted octanol–water partition coefficient (Wildman–Crippen LogP) is 2.42. The molecule has 0 saturated heterocycles. The van der Waals surface area contributed by atoms with Gasteiger partial charge in [0.15, 0.2) is 5.69 Å². The van der Waals surface area contributed by atoms with Crippen LogP contribution < -0.4 is 11.1 Å². The van der Waals surface area contributed by atoms with Crippen molar-refractivity contribution in [2.75, 3.05) is 6.54 Å². The Kier molecular flexibility index (Phi) is 4.99. The number of aryl methyl sites for hydroxylation is 1. The van der Waals surface area contributed by atoms with Gasteiger partial charge in [-0.15, -0.1) is 0 Å². The van der Waals surface area contributed by atoms with E-state index in [-0.39, 0.29) is 5.92 Å². The van der Waals surface area contributed by atoms with Gasteiger partial charge in [0.2, 0.25) is 5.91 Å². The number of hydrogen-bond donors (Lipinski definition) is 2. The molecule has 9 heteroatoms. The predicted molar refractivity (Wildman–Crippen MR) is 85.4 cm³/mol. The number of alkyl halides is 3. The largest absolute Gasteiger partial charge is 0.434 e. The van der Waals surface area contributed by atoms with Gasteiger partial charge >= 0.3 is 6.18 Å². The number of nitrogens with one attached hydrogen (secondary N) is 1. The number of hydrogen-bond acceptors (Lipinski definition) is 3. The molecule has 1 aromatic heterocycles. The second kappa shape index (κ2) is 7.06. The van der Waals surface area contributed by atoms with Crippen molar-refractivity contribution in [1.82, 2.24) is 14.9 Å². The summed E-state index contributed by atoms with van der Waals surface area (Å²) in [7, 11) is 0. The molecule has 2 atom stereocenters. The van der Waals surface area contributed by atoms with Crippen LogP contribution in [0.3, 0.4) is 0 Å². The molecule has 0 saturated carbocycles. The molecule has 5 nitrogen and oxygen atoms in total. The van der Waals surface area contributed by atoms with Crippen molar-refractivity contribution in [3.63, 3.8) is 0 Å². The van der Waals surface area contributed by atoms with Crippen molar-refractivity contribution in [2.24, 2.45) is 11.7 Å². The van der Waals surface area contributed by atoms with Crippen LogP contribution in [0.4, 0.5) is 17.6 Å². The fraction of sp³-hybridized carbons (Fsp3) is 0.412. The van der Waals surface area contributed by atoms with E-state index in [1.54, 1.807) is 0 Å². The van der Waals surface area contributed by atoms with Gasteiger partial charge in [-0.3, -0.25) is 4.79 Å². The highest BCUT2D eigenvalue weighted by Gasteiger charge is 2.35. The molecule has 0 spiro atoms. The Balaban J connectivity index is 1.65. The number of rotatable bonds is 5. The molecule has 0 aliphatic carbocycles. The third kappa shape index (κ3) is 4.04. The summed E-state index contributed by atoms with van der Waals surface area (Å²) < 4.78 is 52.8. The molecule has 2 aromatic rings. The number of fused-ring (bicyclic) bond motifs is 1. The molecule has 1 amide bonds. The van der Waals surface area contributed by atoms with Crippen LogP contribution in [0, 0.1) is 11.7 Å². The van der Waals surface area contributed by atoms with Crippen LogP contribution in [0.5, 0.6) is 0 Å². The summed E-state index contributed by atoms with van der Waals surface area (Å²) in [5, 5.41) is 3.04. The van der Waals surface area contributed by atoms with Gasteiger partial charge in [0.05, 0.1) is 0 Å². The minimum Gasteiger partial charge on any atom is -0.368 e. The second-order valence-electron chi connectivity index (χ2n) is 6.39. The van der Waals surface area contributed by atoms with E-state index in [1.165, 1.54) is 28.8 Å². The fourth-order valence-corrected chi connectivity index (χ4v) is 3.14. The average molecular weight is 370 g/mol. The van der Waals surface area contributed by atoms with E-state index < -0.39 is 29.6 Å². The van der Waals surface area contributed by atoms with Gasteiger partial charge in [-0.25, -0.2) is 9.37 Å². The van der Waals surface area contributed by atoms with Crippen LogP contribution in [0.15, 0.2) is 30.5 Å². The second-order valence-corrected chi connectivity index (χ2v) is 6.39. The first-order chi connectivity index (χ1) is 12.2. The van der Waals surface area contributed by atoms with Crippen LogP contribution in [-0.2, 0) is 23.9 Å². The zero-order valence-electron chi connectivity index (χ0n) is 13.8. The van der Waals surface area contributed by atoms with Crippen molar-refractivity contribution in [1.29, 1.82) is 0 Å². The number of nitrogens with two attached hydrogens (primary N) is 1. The Morgan fingerprint density at radius 2 is 2.04 bits per heavy atom. The summed E-state index contributed by atoms with van der Waals surface area (Å²) >= 11 is 0. The van der Waals surface area contributed by atoms with Gasteiger partial charge in [-0.05, 0) is 30.0 Å². The lowest BCUT2D eigenvalue weighted by Crippen LogP contribution is -2.38. The first-order valence-electron chi connectivity index (χ1n) is 8.15. The van der Waals surface area contributed by atoms with Crippen molar-refractivity contribution in [3.05, 3.63) is 53.4 Å². The quantitative estimate of drug-likeness (QED) is 0.794. The first-order valence-corrected chi connectivity index (χ1v) is 8.15. The van der Waals surface area contributed by atoms with Gasteiger partial charge in [-0.2, -0.15) is 13.2 Å². The summed E-state index contributed by atoms with van der Waals surface area (Å²) in [6.45, 7) is 0.768. The minimum absolute atomic E-state index is 0.0279. The summed E-state index contributed by atoms with van der Waals surface area (Å²) in [6.07, 6.45) is -2.36. The van der Waals surface area contributed by atoms with Gasteiger partial charge in [0.25, 0.3) is 0 Å². The zero-order chi connectivity index (χ0) is 18.9. The number of nitrogens with zero attached hydrogens (tertiary/aromatic N) is 2. The van der Waals surface area contributed by atoms with Gasteiger partial charge in [-0.1, -0.05) is 12.1 Å². The van der Waals surface area contributed by atoms with Crippen LogP contribution in [0.25, 0.3) is 0 Å². The summed E-state index contributed by atoms with van der Waals surface area (Å²) in [4.78, 5) is 15.3. The maximum atomic E-state index is 13.0. The molecule has 2 heterocycles. The monoisotopic (exact) mass is 370 g/mol. The number of carbonyl (C=O) groups excluding carboxylic acids is 1. The third-order valence-electron chi connectivity index (χ3n) is 4.48. The van der Waals surface area contributed by atoms with E-state index in [0.29, 0.717) is 37.3 Å². The molecular weight excluding hydrogens is 352 g/mol. The minimum atomic E-state index is -4.46. The summed E-state index contributed by atoms with van der Waals surface area (Å²) in [5.41, 5.74) is 5.07. The molecule has 1 aliphatic heterocycles. The number of benzene rings is 1. The smallest absolute Gasteiger partial charge is 0.368 e. The average Bonchev–Trinajstić information content (AvgIpc) is 3.00. The third-order valence-corrected chi connectivity index (χ3v) is 4.48. The van der Waals surface area contributed by atoms with Crippen molar-refractivity contribution < 1.29 is 22.4 Å². The molecule has 3 rings (SSSR count). The highest BCUT2D eigenvalue weighted by molar-refractivity contribution is 5.81. The molecule has 1 aliphatic rings. The SMILES string of the molecule is NC(=O)C(NCC1CCc2nc(C(F)(F)F)cn2C1)c1ccc(F)cc1. The van der Waals surface area contributed by atoms with E-state index in [0.717, 1.165) is 6.20 Å². The standard InChI is InChI=1S/C17H18F4N4O/c18-12-4-2-11(3-5-12)15(16(22)26)23-7-10-1-6-14-24-13(17(19,20)21)9-25(14)8-10/h2-5,9-10,15,23H,1,6-8H2,(H2,22,26). The van der Waals surface area contributed by atoms with E-state index in [2.05, 4.69) is 10.3 Å². The van der Waals surface area contributed by atoms with Gasteiger partial charge < -0.3 is 15.6 Å². The molecule has 3 N–H and O–H groups in total. The van der Waals surface area contributed by atoms with E-state index >= 15 is 0 Å². The number of imidazole rings is 1. The molecule has 0 bridgehead atoms. The Hall–Kier alpha value is -2.42. The normalized spacial score (nSPS) is 18.4. The Bertz CT molecular complexity index is 785. The first kappa shape index (κ1) is 18.4. The molecule has 140 valence electrons. The Morgan fingerprint density at radius 1 is 1.35 bits per heavy atom. The highest BCUT2D eigenvalue weighted by Crippen LogP contribution is 2.30.